The maximum absolute atomic E-state index is 9.67. The molecule has 0 unspecified atom stereocenters. The molecule has 0 radical (unpaired) electrons. The van der Waals surface area contributed by atoms with Crippen LogP contribution >= 0.6 is 11.8 Å². The van der Waals surface area contributed by atoms with Gasteiger partial charge in [-0.2, -0.15) is 11.8 Å². The first-order chi connectivity index (χ1) is 4.31. The lowest BCUT2D eigenvalue weighted by Crippen LogP contribution is -2.23. The minimum Gasteiger partial charge on any atom is -0.449 e. The largest absolute Gasteiger partial charge is 0.449 e. The Morgan fingerprint density at radius 2 is 2.56 bits per heavy atom. The smallest absolute Gasteiger partial charge is 0.294 e. The minimum atomic E-state index is -0.421. The molecule has 0 aliphatic heterocycles. The van der Waals surface area contributed by atoms with E-state index in [0.717, 1.165) is 12.2 Å². The third kappa shape index (κ3) is 5.65. The lowest BCUT2D eigenvalue weighted by molar-refractivity contribution is -0.133. The summed E-state index contributed by atoms with van der Waals surface area (Å²) in [5.41, 5.74) is 5.30. The molecule has 0 aliphatic carbocycles. The van der Waals surface area contributed by atoms with Crippen LogP contribution in [0.25, 0.3) is 0 Å². The van der Waals surface area contributed by atoms with E-state index in [1.165, 1.54) is 0 Å². The molecule has 3 nitrogen and oxygen atoms in total. The SMILES string of the molecule is CSCC[C@H](N)OC=O. The van der Waals surface area contributed by atoms with Crippen LogP contribution in [0.2, 0.25) is 0 Å². The molecule has 0 heterocycles. The Balaban J connectivity index is 3.04. The van der Waals surface area contributed by atoms with Crippen LogP contribution in [0.3, 0.4) is 0 Å². The molecule has 54 valence electrons. The highest BCUT2D eigenvalue weighted by atomic mass is 32.2. The molecule has 0 saturated heterocycles. The molecule has 0 fully saturated rings. The van der Waals surface area contributed by atoms with E-state index in [-0.39, 0.29) is 0 Å². The minimum absolute atomic E-state index is 0.380. The van der Waals surface area contributed by atoms with Crippen molar-refractivity contribution in [2.75, 3.05) is 12.0 Å². The van der Waals surface area contributed by atoms with Crippen LogP contribution < -0.4 is 5.73 Å². The maximum Gasteiger partial charge on any atom is 0.294 e. The van der Waals surface area contributed by atoms with Crippen molar-refractivity contribution in [2.24, 2.45) is 5.73 Å². The molecule has 0 aromatic rings. The number of hydrogen-bond acceptors (Lipinski definition) is 4. The topological polar surface area (TPSA) is 52.3 Å². The summed E-state index contributed by atoms with van der Waals surface area (Å²) in [6.45, 7) is 0.380. The van der Waals surface area contributed by atoms with Gasteiger partial charge in [0.25, 0.3) is 6.47 Å². The highest BCUT2D eigenvalue weighted by Crippen LogP contribution is 1.97. The number of carbonyl (C=O) groups is 1. The summed E-state index contributed by atoms with van der Waals surface area (Å²) in [6, 6.07) is 0. The van der Waals surface area contributed by atoms with Crippen molar-refractivity contribution in [2.45, 2.75) is 12.6 Å². The number of thioether (sulfide) groups is 1. The van der Waals surface area contributed by atoms with Crippen molar-refractivity contribution in [3.05, 3.63) is 0 Å². The molecule has 0 spiro atoms. The van der Waals surface area contributed by atoms with Crippen LogP contribution in [0.5, 0.6) is 0 Å². The zero-order chi connectivity index (χ0) is 7.11. The highest BCUT2D eigenvalue weighted by molar-refractivity contribution is 7.98. The first kappa shape index (κ1) is 8.78. The second-order valence-electron chi connectivity index (χ2n) is 1.55. The van der Waals surface area contributed by atoms with Crippen LogP contribution in [0.15, 0.2) is 0 Å². The molecule has 2 N–H and O–H groups in total. The van der Waals surface area contributed by atoms with Crippen LogP contribution in [0.1, 0.15) is 6.42 Å². The molecule has 9 heavy (non-hydrogen) atoms. The van der Waals surface area contributed by atoms with Crippen molar-refractivity contribution >= 4 is 18.2 Å². The Bertz CT molecular complexity index is 79.4. The molecular formula is C5H11NO2S. The Hall–Kier alpha value is -0.220. The van der Waals surface area contributed by atoms with Crippen LogP contribution in [-0.4, -0.2) is 24.7 Å². The number of ether oxygens (including phenoxy) is 1. The van der Waals surface area contributed by atoms with Gasteiger partial charge in [0.15, 0.2) is 6.23 Å². The van der Waals surface area contributed by atoms with E-state index < -0.39 is 6.23 Å². The van der Waals surface area contributed by atoms with Crippen molar-refractivity contribution in [1.82, 2.24) is 0 Å². The molecular weight excluding hydrogens is 138 g/mol. The van der Waals surface area contributed by atoms with Crippen LogP contribution in [0.4, 0.5) is 0 Å². The molecule has 0 aromatic carbocycles. The molecule has 1 atom stereocenters. The number of rotatable bonds is 5. The van der Waals surface area contributed by atoms with E-state index in [2.05, 4.69) is 4.74 Å². The van der Waals surface area contributed by atoms with Crippen molar-refractivity contribution in [1.29, 1.82) is 0 Å². The monoisotopic (exact) mass is 149 g/mol. The number of hydrogen-bond donors (Lipinski definition) is 1. The fourth-order valence-corrected chi connectivity index (χ4v) is 0.841. The summed E-state index contributed by atoms with van der Waals surface area (Å²) in [7, 11) is 0. The van der Waals surface area contributed by atoms with Gasteiger partial charge in [-0.1, -0.05) is 0 Å². The van der Waals surface area contributed by atoms with E-state index in [0.29, 0.717) is 6.47 Å². The fraction of sp³-hybridized carbons (Fsp3) is 0.800. The summed E-state index contributed by atoms with van der Waals surface area (Å²) < 4.78 is 4.43. The van der Waals surface area contributed by atoms with Gasteiger partial charge < -0.3 is 4.74 Å². The lowest BCUT2D eigenvalue weighted by atomic mass is 10.4. The predicted octanol–water partition coefficient (Wildman–Crippen LogP) is 0.197. The molecule has 0 rings (SSSR count). The predicted molar refractivity (Wildman–Crippen MR) is 38.1 cm³/mol. The Morgan fingerprint density at radius 1 is 1.89 bits per heavy atom. The van der Waals surface area contributed by atoms with Gasteiger partial charge in [0.2, 0.25) is 0 Å². The third-order valence-electron chi connectivity index (χ3n) is 0.837. The van der Waals surface area contributed by atoms with Gasteiger partial charge in [0.1, 0.15) is 0 Å². The Labute approximate surface area is 58.9 Å². The van der Waals surface area contributed by atoms with Crippen LogP contribution in [-0.2, 0) is 9.53 Å². The van der Waals surface area contributed by atoms with Crippen molar-refractivity contribution in [3.63, 3.8) is 0 Å². The quantitative estimate of drug-likeness (QED) is 0.448. The second kappa shape index (κ2) is 5.91. The summed E-state index contributed by atoms with van der Waals surface area (Å²) in [5.74, 6) is 0.926. The summed E-state index contributed by atoms with van der Waals surface area (Å²) in [6.07, 6.45) is 2.28. The number of carbonyl (C=O) groups excluding carboxylic acids is 1. The van der Waals surface area contributed by atoms with Crippen molar-refractivity contribution < 1.29 is 9.53 Å². The molecule has 0 aliphatic rings. The standard InChI is InChI=1S/C5H11NO2S/c1-9-3-2-5(6)8-4-7/h4-5H,2-3,6H2,1H3/t5-/m1/s1. The van der Waals surface area contributed by atoms with Gasteiger partial charge in [0.05, 0.1) is 0 Å². The second-order valence-corrected chi connectivity index (χ2v) is 2.54. The molecule has 4 heteroatoms. The summed E-state index contributed by atoms with van der Waals surface area (Å²) >= 11 is 1.68. The zero-order valence-electron chi connectivity index (χ0n) is 5.37. The normalized spacial score (nSPS) is 12.7. The van der Waals surface area contributed by atoms with E-state index in [4.69, 9.17) is 5.73 Å². The lowest BCUT2D eigenvalue weighted by Gasteiger charge is -2.06. The average molecular weight is 149 g/mol. The third-order valence-corrected chi connectivity index (χ3v) is 1.48. The van der Waals surface area contributed by atoms with Gasteiger partial charge in [-0.25, -0.2) is 0 Å². The summed E-state index contributed by atoms with van der Waals surface area (Å²) in [5, 5.41) is 0. The van der Waals surface area contributed by atoms with E-state index in [1.807, 2.05) is 6.26 Å². The van der Waals surface area contributed by atoms with Gasteiger partial charge in [-0.15, -0.1) is 0 Å². The highest BCUT2D eigenvalue weighted by Gasteiger charge is 1.98. The molecule has 0 aromatic heterocycles. The summed E-state index contributed by atoms with van der Waals surface area (Å²) in [4.78, 5) is 9.67. The maximum atomic E-state index is 9.67. The Kier molecular flexibility index (Phi) is 5.76. The van der Waals surface area contributed by atoms with Gasteiger partial charge in [-0.05, 0) is 12.0 Å². The Morgan fingerprint density at radius 3 is 3.00 bits per heavy atom. The zero-order valence-corrected chi connectivity index (χ0v) is 6.19. The molecule has 0 amide bonds. The average Bonchev–Trinajstić information content (AvgIpc) is 1.85. The fourth-order valence-electron chi connectivity index (χ4n) is 0.373. The van der Waals surface area contributed by atoms with Crippen molar-refractivity contribution in [3.8, 4) is 0 Å². The van der Waals surface area contributed by atoms with Gasteiger partial charge >= 0.3 is 0 Å². The van der Waals surface area contributed by atoms with E-state index >= 15 is 0 Å². The van der Waals surface area contributed by atoms with E-state index in [9.17, 15) is 4.79 Å². The first-order valence-electron chi connectivity index (χ1n) is 2.65. The van der Waals surface area contributed by atoms with Gasteiger partial charge in [0, 0.05) is 6.42 Å². The van der Waals surface area contributed by atoms with Gasteiger partial charge in [-0.3, -0.25) is 10.5 Å². The van der Waals surface area contributed by atoms with Crippen LogP contribution in [0, 0.1) is 0 Å². The number of nitrogens with two attached hydrogens (primary N) is 1. The molecule has 0 saturated carbocycles. The molecule has 0 bridgehead atoms. The first-order valence-corrected chi connectivity index (χ1v) is 4.04. The van der Waals surface area contributed by atoms with E-state index in [1.54, 1.807) is 11.8 Å².